The summed E-state index contributed by atoms with van der Waals surface area (Å²) in [6.07, 6.45) is 0.760. The van der Waals surface area contributed by atoms with E-state index in [1.54, 1.807) is 0 Å². The molecule has 0 aromatic heterocycles. The molecule has 1 aliphatic rings. The zero-order chi connectivity index (χ0) is 17.2. The number of carbonyl (C=O) groups is 1. The van der Waals surface area contributed by atoms with E-state index in [1.165, 1.54) is 25.1 Å². The average Bonchev–Trinajstić information content (AvgIpc) is 2.46. The van der Waals surface area contributed by atoms with E-state index in [0.717, 1.165) is 10.4 Å². The van der Waals surface area contributed by atoms with Crippen molar-refractivity contribution in [1.82, 2.24) is 4.31 Å². The Hall–Kier alpha value is -1.74. The summed E-state index contributed by atoms with van der Waals surface area (Å²) in [4.78, 5) is 10.9. The van der Waals surface area contributed by atoms with Gasteiger partial charge < -0.3 is 9.84 Å². The van der Waals surface area contributed by atoms with Gasteiger partial charge >= 0.3 is 12.6 Å². The normalized spacial score (nSPS) is 23.0. The third kappa shape index (κ3) is 3.61. The van der Waals surface area contributed by atoms with Crippen LogP contribution in [0.15, 0.2) is 29.2 Å². The van der Waals surface area contributed by atoms with Gasteiger partial charge in [0.2, 0.25) is 10.0 Å². The standard InChI is InChI=1S/C14H17F2NO5S/c1-9-10(13(18)19)5-4-8-17(9)23(20,21)12-7-3-2-6-11(12)22-14(15)16/h2-3,6-7,9-10,14H,4-5,8H2,1H3,(H,18,19)/t9-,10-/m1/s1. The Morgan fingerprint density at radius 1 is 1.39 bits per heavy atom. The molecule has 1 aromatic rings. The molecule has 0 saturated carbocycles. The summed E-state index contributed by atoms with van der Waals surface area (Å²) >= 11 is 0. The molecule has 0 spiro atoms. The van der Waals surface area contributed by atoms with Crippen molar-refractivity contribution in [2.24, 2.45) is 5.92 Å². The Bertz CT molecular complexity index is 680. The first-order chi connectivity index (χ1) is 10.7. The maximum Gasteiger partial charge on any atom is 0.387 e. The molecule has 1 N–H and O–H groups in total. The fourth-order valence-electron chi connectivity index (χ4n) is 2.76. The molecule has 0 amide bonds. The minimum absolute atomic E-state index is 0.135. The van der Waals surface area contributed by atoms with Crippen molar-refractivity contribution in [2.45, 2.75) is 37.3 Å². The molecule has 0 unspecified atom stereocenters. The molecule has 23 heavy (non-hydrogen) atoms. The minimum Gasteiger partial charge on any atom is -0.481 e. The highest BCUT2D eigenvalue weighted by Gasteiger charge is 2.40. The summed E-state index contributed by atoms with van der Waals surface area (Å²) in [6, 6.07) is 4.32. The summed E-state index contributed by atoms with van der Waals surface area (Å²) in [5, 5.41) is 9.19. The van der Waals surface area contributed by atoms with Crippen LogP contribution >= 0.6 is 0 Å². The molecule has 9 heteroatoms. The minimum atomic E-state index is -4.14. The second-order valence-corrected chi connectivity index (χ2v) is 7.13. The molecule has 1 aliphatic heterocycles. The lowest BCUT2D eigenvalue weighted by Crippen LogP contribution is -2.49. The topological polar surface area (TPSA) is 83.9 Å². The van der Waals surface area contributed by atoms with E-state index in [9.17, 15) is 27.1 Å². The van der Waals surface area contributed by atoms with E-state index in [0.29, 0.717) is 12.8 Å². The van der Waals surface area contributed by atoms with E-state index in [2.05, 4.69) is 4.74 Å². The Morgan fingerprint density at radius 2 is 2.04 bits per heavy atom. The number of benzene rings is 1. The van der Waals surface area contributed by atoms with Gasteiger partial charge in [0.25, 0.3) is 0 Å². The first-order valence-electron chi connectivity index (χ1n) is 7.03. The lowest BCUT2D eigenvalue weighted by Gasteiger charge is -2.36. The van der Waals surface area contributed by atoms with E-state index in [-0.39, 0.29) is 6.54 Å². The van der Waals surface area contributed by atoms with Crippen molar-refractivity contribution in [1.29, 1.82) is 0 Å². The first-order valence-corrected chi connectivity index (χ1v) is 8.47. The van der Waals surface area contributed by atoms with Crippen molar-refractivity contribution >= 4 is 16.0 Å². The van der Waals surface area contributed by atoms with Gasteiger partial charge in [-0.3, -0.25) is 4.79 Å². The smallest absolute Gasteiger partial charge is 0.387 e. The molecule has 2 rings (SSSR count). The lowest BCUT2D eigenvalue weighted by molar-refractivity contribution is -0.144. The predicted molar refractivity (Wildman–Crippen MR) is 76.8 cm³/mol. The molecule has 1 heterocycles. The van der Waals surface area contributed by atoms with Crippen LogP contribution in [0.3, 0.4) is 0 Å². The quantitative estimate of drug-likeness (QED) is 0.881. The highest BCUT2D eigenvalue weighted by atomic mass is 32.2. The maximum atomic E-state index is 12.8. The van der Waals surface area contributed by atoms with Gasteiger partial charge in [0.05, 0.1) is 5.92 Å². The number of rotatable bonds is 5. The maximum absolute atomic E-state index is 12.8. The zero-order valence-corrected chi connectivity index (χ0v) is 13.2. The van der Waals surface area contributed by atoms with Crippen LogP contribution in [0.25, 0.3) is 0 Å². The third-order valence-electron chi connectivity index (χ3n) is 3.90. The Labute approximate surface area is 132 Å². The van der Waals surface area contributed by atoms with Gasteiger partial charge in [-0.1, -0.05) is 12.1 Å². The number of halogens is 2. The second kappa shape index (κ2) is 6.79. The highest BCUT2D eigenvalue weighted by molar-refractivity contribution is 7.89. The summed E-state index contributed by atoms with van der Waals surface area (Å²) < 4.78 is 55.8. The number of hydrogen-bond acceptors (Lipinski definition) is 4. The number of sulfonamides is 1. The number of hydrogen-bond donors (Lipinski definition) is 1. The second-order valence-electron chi connectivity index (χ2n) is 5.27. The fraction of sp³-hybridized carbons (Fsp3) is 0.500. The van der Waals surface area contributed by atoms with Crippen molar-refractivity contribution in [2.75, 3.05) is 6.54 Å². The van der Waals surface area contributed by atoms with Gasteiger partial charge in [-0.05, 0) is 31.9 Å². The van der Waals surface area contributed by atoms with Crippen LogP contribution in [-0.2, 0) is 14.8 Å². The van der Waals surface area contributed by atoms with Gasteiger partial charge in [0, 0.05) is 12.6 Å². The van der Waals surface area contributed by atoms with Gasteiger partial charge in [-0.2, -0.15) is 13.1 Å². The molecule has 1 aromatic carbocycles. The van der Waals surface area contributed by atoms with E-state index in [1.807, 2.05) is 0 Å². The van der Waals surface area contributed by atoms with Crippen LogP contribution in [0, 0.1) is 5.92 Å². The summed E-state index contributed by atoms with van der Waals surface area (Å²) in [5.41, 5.74) is 0. The fourth-order valence-corrected chi connectivity index (χ4v) is 4.59. The van der Waals surface area contributed by atoms with Crippen LogP contribution < -0.4 is 4.74 Å². The molecule has 128 valence electrons. The van der Waals surface area contributed by atoms with E-state index < -0.39 is 45.2 Å². The summed E-state index contributed by atoms with van der Waals surface area (Å²) in [6.45, 7) is -1.51. The van der Waals surface area contributed by atoms with E-state index >= 15 is 0 Å². The number of para-hydroxylation sites is 1. The molecule has 1 fully saturated rings. The van der Waals surface area contributed by atoms with Crippen molar-refractivity contribution in [3.05, 3.63) is 24.3 Å². The van der Waals surface area contributed by atoms with Crippen LogP contribution in [-0.4, -0.2) is 43.0 Å². The summed E-state index contributed by atoms with van der Waals surface area (Å²) in [7, 11) is -4.14. The Morgan fingerprint density at radius 3 is 2.65 bits per heavy atom. The van der Waals surface area contributed by atoms with Crippen molar-refractivity contribution in [3.8, 4) is 5.75 Å². The Kier molecular flexibility index (Phi) is 5.20. The molecular formula is C14H17F2NO5S. The summed E-state index contributed by atoms with van der Waals surface area (Å²) in [5.74, 6) is -2.36. The van der Waals surface area contributed by atoms with Crippen LogP contribution in [0.2, 0.25) is 0 Å². The zero-order valence-electron chi connectivity index (χ0n) is 12.4. The van der Waals surface area contributed by atoms with Gasteiger partial charge in [0.15, 0.2) is 0 Å². The number of piperidine rings is 1. The number of ether oxygens (including phenoxy) is 1. The average molecular weight is 349 g/mol. The Balaban J connectivity index is 2.40. The van der Waals surface area contributed by atoms with Gasteiger partial charge in [0.1, 0.15) is 10.6 Å². The van der Waals surface area contributed by atoms with Crippen LogP contribution in [0.5, 0.6) is 5.75 Å². The molecular weight excluding hydrogens is 332 g/mol. The number of nitrogens with zero attached hydrogens (tertiary/aromatic N) is 1. The largest absolute Gasteiger partial charge is 0.481 e. The third-order valence-corrected chi connectivity index (χ3v) is 5.92. The number of carboxylic acids is 1. The highest BCUT2D eigenvalue weighted by Crippen LogP contribution is 2.33. The van der Waals surface area contributed by atoms with Gasteiger partial charge in [-0.25, -0.2) is 8.42 Å². The lowest BCUT2D eigenvalue weighted by atomic mass is 9.92. The van der Waals surface area contributed by atoms with Gasteiger partial charge in [-0.15, -0.1) is 0 Å². The molecule has 0 aliphatic carbocycles. The predicted octanol–water partition coefficient (Wildman–Crippen LogP) is 2.16. The van der Waals surface area contributed by atoms with Crippen molar-refractivity contribution in [3.63, 3.8) is 0 Å². The molecule has 1 saturated heterocycles. The number of alkyl halides is 2. The van der Waals surface area contributed by atoms with E-state index in [4.69, 9.17) is 0 Å². The first kappa shape index (κ1) is 17.6. The molecule has 2 atom stereocenters. The number of carboxylic acid groups (broad SMARTS) is 1. The number of aliphatic carboxylic acids is 1. The molecule has 6 nitrogen and oxygen atoms in total. The molecule has 0 bridgehead atoms. The molecule has 0 radical (unpaired) electrons. The monoisotopic (exact) mass is 349 g/mol. The SMILES string of the molecule is C[C@@H]1[C@H](C(=O)O)CCCN1S(=O)(=O)c1ccccc1OC(F)F. The van der Waals surface area contributed by atoms with Crippen LogP contribution in [0.4, 0.5) is 8.78 Å². The van der Waals surface area contributed by atoms with Crippen molar-refractivity contribution < 1.29 is 31.8 Å². The van der Waals surface area contributed by atoms with Crippen LogP contribution in [0.1, 0.15) is 19.8 Å².